The summed E-state index contributed by atoms with van der Waals surface area (Å²) in [6.45, 7) is 2.13. The summed E-state index contributed by atoms with van der Waals surface area (Å²) in [4.78, 5) is 0. The van der Waals surface area contributed by atoms with Gasteiger partial charge in [0.2, 0.25) is 0 Å². The van der Waals surface area contributed by atoms with Crippen molar-refractivity contribution in [3.8, 4) is 0 Å². The molecular formula is C11H17NO2. The number of nitrogens with one attached hydrogen (secondary N) is 1. The molecule has 2 N–H and O–H groups in total. The summed E-state index contributed by atoms with van der Waals surface area (Å²) >= 11 is 0. The highest BCUT2D eigenvalue weighted by atomic mass is 16.3. The molecule has 1 heterocycles. The molecule has 0 radical (unpaired) electrons. The summed E-state index contributed by atoms with van der Waals surface area (Å²) in [6, 6.07) is 4.66. The fourth-order valence-corrected chi connectivity index (χ4v) is 1.90. The Morgan fingerprint density at radius 1 is 1.64 bits per heavy atom. The predicted molar refractivity (Wildman–Crippen MR) is 53.9 cm³/mol. The van der Waals surface area contributed by atoms with Gasteiger partial charge in [-0.2, -0.15) is 0 Å². The van der Waals surface area contributed by atoms with Gasteiger partial charge in [-0.05, 0) is 31.4 Å². The standard InChI is InChI=1S/C11H17NO2/c1-2-10(11-4-3-5-14-11)12-8-6-9(13)7-8/h3-5,8-10,12-13H,2,6-7H2,1H3. The maximum atomic E-state index is 9.17. The second-order valence-electron chi connectivity index (χ2n) is 3.97. The number of aliphatic hydroxyl groups excluding tert-OH is 1. The second-order valence-corrected chi connectivity index (χ2v) is 3.97. The van der Waals surface area contributed by atoms with Crippen LogP contribution in [0.15, 0.2) is 22.8 Å². The Kier molecular flexibility index (Phi) is 2.89. The molecule has 1 aromatic heterocycles. The molecular weight excluding hydrogens is 178 g/mol. The van der Waals surface area contributed by atoms with Crippen LogP contribution in [0.1, 0.15) is 38.0 Å². The summed E-state index contributed by atoms with van der Waals surface area (Å²) in [6.07, 6.45) is 4.37. The molecule has 0 amide bonds. The Morgan fingerprint density at radius 3 is 2.93 bits per heavy atom. The molecule has 1 aliphatic carbocycles. The van der Waals surface area contributed by atoms with Crippen LogP contribution in [0.2, 0.25) is 0 Å². The van der Waals surface area contributed by atoms with Gasteiger partial charge < -0.3 is 14.8 Å². The molecule has 1 atom stereocenters. The molecule has 14 heavy (non-hydrogen) atoms. The van der Waals surface area contributed by atoms with Crippen molar-refractivity contribution in [2.45, 2.75) is 44.4 Å². The van der Waals surface area contributed by atoms with Gasteiger partial charge in [-0.1, -0.05) is 6.92 Å². The average Bonchev–Trinajstić information content (AvgIpc) is 2.63. The zero-order valence-corrected chi connectivity index (χ0v) is 8.44. The topological polar surface area (TPSA) is 45.4 Å². The van der Waals surface area contributed by atoms with Gasteiger partial charge >= 0.3 is 0 Å². The zero-order chi connectivity index (χ0) is 9.97. The molecule has 2 rings (SSSR count). The number of hydrogen-bond donors (Lipinski definition) is 2. The molecule has 0 saturated heterocycles. The highest BCUT2D eigenvalue weighted by molar-refractivity contribution is 5.05. The van der Waals surface area contributed by atoms with E-state index in [4.69, 9.17) is 4.42 Å². The Balaban J connectivity index is 1.88. The van der Waals surface area contributed by atoms with Gasteiger partial charge in [0.25, 0.3) is 0 Å². The van der Waals surface area contributed by atoms with E-state index in [1.165, 1.54) is 0 Å². The lowest BCUT2D eigenvalue weighted by Crippen LogP contribution is -2.45. The van der Waals surface area contributed by atoms with E-state index in [0.717, 1.165) is 25.0 Å². The summed E-state index contributed by atoms with van der Waals surface area (Å²) in [5, 5.41) is 12.7. The lowest BCUT2D eigenvalue weighted by Gasteiger charge is -2.34. The quantitative estimate of drug-likeness (QED) is 0.770. The van der Waals surface area contributed by atoms with Crippen LogP contribution >= 0.6 is 0 Å². The zero-order valence-electron chi connectivity index (χ0n) is 8.44. The molecule has 1 saturated carbocycles. The minimum atomic E-state index is -0.0957. The van der Waals surface area contributed by atoms with E-state index in [9.17, 15) is 5.11 Å². The van der Waals surface area contributed by atoms with E-state index < -0.39 is 0 Å². The van der Waals surface area contributed by atoms with Crippen molar-refractivity contribution < 1.29 is 9.52 Å². The SMILES string of the molecule is CCC(NC1CC(O)C1)c1ccco1. The van der Waals surface area contributed by atoms with E-state index in [0.29, 0.717) is 12.1 Å². The Morgan fingerprint density at radius 2 is 2.43 bits per heavy atom. The van der Waals surface area contributed by atoms with Crippen molar-refractivity contribution in [1.82, 2.24) is 5.32 Å². The maximum absolute atomic E-state index is 9.17. The number of aliphatic hydroxyl groups is 1. The summed E-state index contributed by atoms with van der Waals surface area (Å²) in [7, 11) is 0. The van der Waals surface area contributed by atoms with Gasteiger partial charge in [0.05, 0.1) is 18.4 Å². The predicted octanol–water partition coefficient (Wildman–Crippen LogP) is 1.84. The molecule has 3 nitrogen and oxygen atoms in total. The molecule has 1 aliphatic rings. The first-order valence-electron chi connectivity index (χ1n) is 5.27. The lowest BCUT2D eigenvalue weighted by atomic mass is 9.88. The van der Waals surface area contributed by atoms with Gasteiger partial charge in [-0.15, -0.1) is 0 Å². The monoisotopic (exact) mass is 195 g/mol. The molecule has 1 fully saturated rings. The normalized spacial score (nSPS) is 28.4. The Labute approximate surface area is 84.1 Å². The highest BCUT2D eigenvalue weighted by Crippen LogP contribution is 2.25. The van der Waals surface area contributed by atoms with Gasteiger partial charge in [0.15, 0.2) is 0 Å². The van der Waals surface area contributed by atoms with Crippen molar-refractivity contribution in [2.24, 2.45) is 0 Å². The first-order chi connectivity index (χ1) is 6.79. The Hall–Kier alpha value is -0.800. The van der Waals surface area contributed by atoms with Gasteiger partial charge in [0, 0.05) is 6.04 Å². The molecule has 0 aliphatic heterocycles. The second kappa shape index (κ2) is 4.15. The van der Waals surface area contributed by atoms with E-state index >= 15 is 0 Å². The Bertz CT molecular complexity index is 265. The number of furan rings is 1. The minimum Gasteiger partial charge on any atom is -0.468 e. The van der Waals surface area contributed by atoms with Crippen LogP contribution in [0.5, 0.6) is 0 Å². The van der Waals surface area contributed by atoms with Crippen LogP contribution in [0.4, 0.5) is 0 Å². The van der Waals surface area contributed by atoms with Crippen molar-refractivity contribution in [3.63, 3.8) is 0 Å². The molecule has 78 valence electrons. The molecule has 1 aromatic rings. The van der Waals surface area contributed by atoms with Crippen molar-refractivity contribution in [1.29, 1.82) is 0 Å². The van der Waals surface area contributed by atoms with Crippen LogP contribution in [0, 0.1) is 0 Å². The molecule has 0 aromatic carbocycles. The van der Waals surface area contributed by atoms with E-state index in [1.807, 2.05) is 12.1 Å². The first kappa shape index (κ1) is 9.74. The van der Waals surface area contributed by atoms with Crippen LogP contribution in [-0.4, -0.2) is 17.3 Å². The van der Waals surface area contributed by atoms with Crippen molar-refractivity contribution >= 4 is 0 Å². The van der Waals surface area contributed by atoms with Crippen LogP contribution in [0.3, 0.4) is 0 Å². The number of hydrogen-bond acceptors (Lipinski definition) is 3. The van der Waals surface area contributed by atoms with E-state index in [2.05, 4.69) is 12.2 Å². The average molecular weight is 195 g/mol. The van der Waals surface area contributed by atoms with E-state index in [-0.39, 0.29) is 6.10 Å². The summed E-state index contributed by atoms with van der Waals surface area (Å²) in [5.74, 6) is 0.994. The van der Waals surface area contributed by atoms with Crippen molar-refractivity contribution in [3.05, 3.63) is 24.2 Å². The lowest BCUT2D eigenvalue weighted by molar-refractivity contribution is 0.0560. The largest absolute Gasteiger partial charge is 0.468 e. The smallest absolute Gasteiger partial charge is 0.120 e. The molecule has 3 heteroatoms. The third-order valence-corrected chi connectivity index (χ3v) is 2.84. The summed E-state index contributed by atoms with van der Waals surface area (Å²) in [5.41, 5.74) is 0. The van der Waals surface area contributed by atoms with Gasteiger partial charge in [-0.3, -0.25) is 0 Å². The van der Waals surface area contributed by atoms with Crippen molar-refractivity contribution in [2.75, 3.05) is 0 Å². The van der Waals surface area contributed by atoms with Crippen LogP contribution < -0.4 is 5.32 Å². The fourth-order valence-electron chi connectivity index (χ4n) is 1.90. The maximum Gasteiger partial charge on any atom is 0.120 e. The molecule has 1 unspecified atom stereocenters. The van der Waals surface area contributed by atoms with Gasteiger partial charge in [-0.25, -0.2) is 0 Å². The first-order valence-corrected chi connectivity index (χ1v) is 5.27. The fraction of sp³-hybridized carbons (Fsp3) is 0.636. The molecule has 0 spiro atoms. The third kappa shape index (κ3) is 1.99. The summed E-state index contributed by atoms with van der Waals surface area (Å²) < 4.78 is 5.36. The van der Waals surface area contributed by atoms with E-state index in [1.54, 1.807) is 6.26 Å². The van der Waals surface area contributed by atoms with Crippen LogP contribution in [-0.2, 0) is 0 Å². The van der Waals surface area contributed by atoms with Crippen LogP contribution in [0.25, 0.3) is 0 Å². The minimum absolute atomic E-state index is 0.0957. The van der Waals surface area contributed by atoms with Gasteiger partial charge in [0.1, 0.15) is 5.76 Å². The third-order valence-electron chi connectivity index (χ3n) is 2.84. The highest BCUT2D eigenvalue weighted by Gasteiger charge is 2.29. The molecule has 0 bridgehead atoms. The number of rotatable bonds is 4.